The van der Waals surface area contributed by atoms with Crippen molar-refractivity contribution in [2.24, 2.45) is 7.05 Å². The fourth-order valence-electron chi connectivity index (χ4n) is 4.50. The number of amides is 1. The number of thioether (sulfide) groups is 1. The number of hydrogen-bond donors (Lipinski definition) is 2. The van der Waals surface area contributed by atoms with Gasteiger partial charge < -0.3 is 19.7 Å². The number of benzene rings is 2. The van der Waals surface area contributed by atoms with Crippen molar-refractivity contribution < 1.29 is 23.8 Å². The van der Waals surface area contributed by atoms with E-state index in [1.54, 1.807) is 43.0 Å². The SMILES string of the molecule is CSCC[C@H](NC(=O)c1cccc(COC(Cc2cncn2C)c2nccs2)c1CCc1ccc(F)cc1)C(=O)O. The summed E-state index contributed by atoms with van der Waals surface area (Å²) < 4.78 is 21.9. The Kier molecular flexibility index (Phi) is 11.1. The Labute approximate surface area is 247 Å². The normalized spacial score (nSPS) is 12.7. The Morgan fingerprint density at radius 2 is 2.00 bits per heavy atom. The average Bonchev–Trinajstić information content (AvgIpc) is 3.65. The highest BCUT2D eigenvalue weighted by Gasteiger charge is 2.24. The molecule has 0 aliphatic heterocycles. The monoisotopic (exact) mass is 596 g/mol. The molecule has 0 saturated carbocycles. The highest BCUT2D eigenvalue weighted by atomic mass is 32.2. The number of carboxylic acid groups (broad SMARTS) is 1. The molecule has 1 unspecified atom stereocenters. The molecule has 8 nitrogen and oxygen atoms in total. The minimum absolute atomic E-state index is 0.219. The van der Waals surface area contributed by atoms with Gasteiger partial charge in [0.15, 0.2) is 0 Å². The summed E-state index contributed by atoms with van der Waals surface area (Å²) >= 11 is 3.04. The number of aromatic nitrogens is 3. The molecule has 0 spiro atoms. The Morgan fingerprint density at radius 1 is 1.20 bits per heavy atom. The Balaban J connectivity index is 1.60. The first-order chi connectivity index (χ1) is 19.9. The number of ether oxygens (including phenoxy) is 1. The molecular formula is C30H33FN4O4S2. The maximum absolute atomic E-state index is 13.5. The fraction of sp³-hybridized carbons (Fsp3) is 0.333. The van der Waals surface area contributed by atoms with E-state index in [1.165, 1.54) is 35.2 Å². The summed E-state index contributed by atoms with van der Waals surface area (Å²) in [4.78, 5) is 33.9. The lowest BCUT2D eigenvalue weighted by atomic mass is 9.94. The van der Waals surface area contributed by atoms with Gasteiger partial charge in [-0.3, -0.25) is 4.79 Å². The summed E-state index contributed by atoms with van der Waals surface area (Å²) in [6.07, 6.45) is 8.81. The van der Waals surface area contributed by atoms with Crippen LogP contribution in [0.2, 0.25) is 0 Å². The highest BCUT2D eigenvalue weighted by molar-refractivity contribution is 7.98. The molecule has 0 fully saturated rings. The van der Waals surface area contributed by atoms with Gasteiger partial charge in [0.2, 0.25) is 0 Å². The maximum Gasteiger partial charge on any atom is 0.326 e. The van der Waals surface area contributed by atoms with Gasteiger partial charge in [-0.2, -0.15) is 11.8 Å². The van der Waals surface area contributed by atoms with E-state index < -0.39 is 17.9 Å². The molecular weight excluding hydrogens is 563 g/mol. The quantitative estimate of drug-likeness (QED) is 0.193. The lowest BCUT2D eigenvalue weighted by molar-refractivity contribution is -0.139. The van der Waals surface area contributed by atoms with Crippen molar-refractivity contribution in [3.8, 4) is 0 Å². The zero-order valence-electron chi connectivity index (χ0n) is 23.0. The van der Waals surface area contributed by atoms with Crippen molar-refractivity contribution in [2.75, 3.05) is 12.0 Å². The number of carboxylic acids is 1. The second-order valence-corrected chi connectivity index (χ2v) is 11.5. The third-order valence-corrected chi connectivity index (χ3v) is 8.30. The predicted octanol–water partition coefficient (Wildman–Crippen LogP) is 5.24. The minimum Gasteiger partial charge on any atom is -0.480 e. The second kappa shape index (κ2) is 14.9. The van der Waals surface area contributed by atoms with Crippen LogP contribution in [0.15, 0.2) is 66.6 Å². The summed E-state index contributed by atoms with van der Waals surface area (Å²) in [5.41, 5.74) is 3.92. The largest absolute Gasteiger partial charge is 0.480 e. The lowest BCUT2D eigenvalue weighted by Crippen LogP contribution is -2.41. The predicted molar refractivity (Wildman–Crippen MR) is 159 cm³/mol. The molecule has 4 aromatic rings. The number of aryl methyl sites for hydroxylation is 2. The van der Waals surface area contributed by atoms with Gasteiger partial charge in [-0.05, 0) is 66.2 Å². The summed E-state index contributed by atoms with van der Waals surface area (Å²) in [5.74, 6) is -1.21. The number of carbonyl (C=O) groups excluding carboxylic acids is 1. The number of aliphatic carboxylic acids is 1. The van der Waals surface area contributed by atoms with Crippen molar-refractivity contribution in [1.29, 1.82) is 0 Å². The molecule has 11 heteroatoms. The van der Waals surface area contributed by atoms with Crippen molar-refractivity contribution >= 4 is 35.0 Å². The van der Waals surface area contributed by atoms with Gasteiger partial charge in [0.05, 0.1) is 12.9 Å². The smallest absolute Gasteiger partial charge is 0.326 e. The molecule has 4 rings (SSSR count). The molecule has 0 bridgehead atoms. The van der Waals surface area contributed by atoms with Crippen molar-refractivity contribution in [1.82, 2.24) is 19.9 Å². The number of nitrogens with one attached hydrogen (secondary N) is 1. The van der Waals surface area contributed by atoms with E-state index in [9.17, 15) is 19.1 Å². The van der Waals surface area contributed by atoms with Crippen LogP contribution in [0.25, 0.3) is 0 Å². The number of nitrogens with zero attached hydrogens (tertiary/aromatic N) is 3. The highest BCUT2D eigenvalue weighted by Crippen LogP contribution is 2.27. The van der Waals surface area contributed by atoms with Gasteiger partial charge in [0.1, 0.15) is 23.0 Å². The minimum atomic E-state index is -1.07. The molecule has 2 N–H and O–H groups in total. The molecule has 0 saturated heterocycles. The van der Waals surface area contributed by atoms with Gasteiger partial charge in [-0.1, -0.05) is 24.3 Å². The van der Waals surface area contributed by atoms with E-state index in [-0.39, 0.29) is 18.5 Å². The van der Waals surface area contributed by atoms with Crippen LogP contribution in [0, 0.1) is 5.82 Å². The first kappa shape index (κ1) is 30.4. The standard InChI is InChI=1S/C30H33FN4O4S2/c1-35-19-32-17-23(35)16-27(29-33-13-15-41-29)39-18-21-4-3-5-25(28(36)34-26(30(37)38)12-14-40-2)24(21)11-8-20-6-9-22(31)10-7-20/h3-7,9-10,13,15,17,19,26-27H,8,11-12,14,16,18H2,1-2H3,(H,34,36)(H,37,38)/t26-,27?/m0/s1. The van der Waals surface area contributed by atoms with E-state index in [4.69, 9.17) is 4.74 Å². The van der Waals surface area contributed by atoms with Crippen LogP contribution in [0.4, 0.5) is 4.39 Å². The second-order valence-electron chi connectivity index (χ2n) is 9.59. The molecule has 2 aromatic heterocycles. The van der Waals surface area contributed by atoms with Gasteiger partial charge >= 0.3 is 5.97 Å². The number of rotatable bonds is 15. The molecule has 2 aromatic carbocycles. The number of hydrogen-bond acceptors (Lipinski definition) is 7. The first-order valence-corrected chi connectivity index (χ1v) is 15.5. The zero-order chi connectivity index (χ0) is 29.2. The first-order valence-electron chi connectivity index (χ1n) is 13.2. The summed E-state index contributed by atoms with van der Waals surface area (Å²) in [5, 5.41) is 15.1. The third kappa shape index (κ3) is 8.48. The molecule has 1 amide bonds. The molecule has 216 valence electrons. The van der Waals surface area contributed by atoms with Gasteiger partial charge in [0, 0.05) is 42.5 Å². The zero-order valence-corrected chi connectivity index (χ0v) is 24.6. The number of halogens is 1. The van der Waals surface area contributed by atoms with Crippen molar-refractivity contribution in [2.45, 2.75) is 44.4 Å². The van der Waals surface area contributed by atoms with Crippen LogP contribution in [0.1, 0.15) is 50.3 Å². The van der Waals surface area contributed by atoms with Crippen LogP contribution < -0.4 is 5.32 Å². The molecule has 0 aliphatic rings. The number of thiazole rings is 1. The molecule has 2 atom stereocenters. The van der Waals surface area contributed by atoms with E-state index >= 15 is 0 Å². The van der Waals surface area contributed by atoms with E-state index in [0.29, 0.717) is 37.0 Å². The Bertz CT molecular complexity index is 1430. The fourth-order valence-corrected chi connectivity index (χ4v) is 5.66. The summed E-state index contributed by atoms with van der Waals surface area (Å²) in [6.45, 7) is 0.219. The van der Waals surface area contributed by atoms with Crippen molar-refractivity contribution in [3.05, 3.63) is 105 Å². The summed E-state index contributed by atoms with van der Waals surface area (Å²) in [7, 11) is 1.93. The third-order valence-electron chi connectivity index (χ3n) is 6.79. The molecule has 2 heterocycles. The van der Waals surface area contributed by atoms with Crippen LogP contribution in [0.3, 0.4) is 0 Å². The molecule has 0 radical (unpaired) electrons. The maximum atomic E-state index is 13.5. The number of carbonyl (C=O) groups is 2. The van der Waals surface area contributed by atoms with Gasteiger partial charge in [-0.15, -0.1) is 11.3 Å². The van der Waals surface area contributed by atoms with E-state index in [2.05, 4.69) is 15.3 Å². The molecule has 0 aliphatic carbocycles. The van der Waals surface area contributed by atoms with Crippen LogP contribution in [0.5, 0.6) is 0 Å². The van der Waals surface area contributed by atoms with E-state index in [0.717, 1.165) is 27.4 Å². The van der Waals surface area contributed by atoms with Crippen LogP contribution in [-0.2, 0) is 42.4 Å². The average molecular weight is 597 g/mol. The summed E-state index contributed by atoms with van der Waals surface area (Å²) in [6, 6.07) is 10.7. The van der Waals surface area contributed by atoms with Gasteiger partial charge in [-0.25, -0.2) is 19.2 Å². The lowest BCUT2D eigenvalue weighted by Gasteiger charge is -2.20. The Morgan fingerprint density at radius 3 is 2.66 bits per heavy atom. The van der Waals surface area contributed by atoms with Crippen LogP contribution >= 0.6 is 23.1 Å². The molecule has 41 heavy (non-hydrogen) atoms. The van der Waals surface area contributed by atoms with E-state index in [1.807, 2.05) is 29.3 Å². The van der Waals surface area contributed by atoms with Gasteiger partial charge in [0.25, 0.3) is 5.91 Å². The topological polar surface area (TPSA) is 106 Å². The van der Waals surface area contributed by atoms with Crippen LogP contribution in [-0.4, -0.2) is 49.6 Å². The Hall–Kier alpha value is -3.54. The van der Waals surface area contributed by atoms with Crippen molar-refractivity contribution in [3.63, 3.8) is 0 Å². The number of imidazole rings is 1.